The third-order valence-corrected chi connectivity index (χ3v) is 9.31. The quantitative estimate of drug-likeness (QED) is 0.400. The van der Waals surface area contributed by atoms with Gasteiger partial charge in [0.1, 0.15) is 0 Å². The Kier molecular flexibility index (Phi) is 11.1. The SMILES string of the molecule is CCCCCCC[CH2][Ge]([CH2]C)[CH2]C. The van der Waals surface area contributed by atoms with Gasteiger partial charge in [0.25, 0.3) is 0 Å². The van der Waals surface area contributed by atoms with Gasteiger partial charge in [-0.25, -0.2) is 0 Å². The van der Waals surface area contributed by atoms with Gasteiger partial charge < -0.3 is 0 Å². The van der Waals surface area contributed by atoms with Gasteiger partial charge in [-0.15, -0.1) is 0 Å². The molecular formula is C12H27Ge. The summed E-state index contributed by atoms with van der Waals surface area (Å²) in [7, 11) is 0. The molecule has 0 aromatic heterocycles. The molecule has 0 rings (SSSR count). The summed E-state index contributed by atoms with van der Waals surface area (Å²) in [6.45, 7) is 7.09. The molecule has 0 nitrogen and oxygen atoms in total. The minimum atomic E-state index is -0.502. The van der Waals surface area contributed by atoms with E-state index in [1.165, 1.54) is 32.1 Å². The van der Waals surface area contributed by atoms with Gasteiger partial charge in [-0.3, -0.25) is 0 Å². The Labute approximate surface area is 89.6 Å². The molecule has 0 saturated heterocycles. The monoisotopic (exact) mass is 245 g/mol. The third-order valence-electron chi connectivity index (χ3n) is 2.88. The molecule has 0 amide bonds. The molecule has 79 valence electrons. The van der Waals surface area contributed by atoms with Crippen LogP contribution >= 0.6 is 0 Å². The zero-order chi connectivity index (χ0) is 9.94. The van der Waals surface area contributed by atoms with Gasteiger partial charge in [-0.1, -0.05) is 0 Å². The average Bonchev–Trinajstić information content (AvgIpc) is 2.17. The summed E-state index contributed by atoms with van der Waals surface area (Å²) < 4.78 is 0. The van der Waals surface area contributed by atoms with Gasteiger partial charge in [0.05, 0.1) is 0 Å². The molecule has 0 aliphatic carbocycles. The molecule has 1 heteroatoms. The Morgan fingerprint density at radius 1 is 0.692 bits per heavy atom. The molecule has 0 fully saturated rings. The normalized spacial score (nSPS) is 11.1. The van der Waals surface area contributed by atoms with Crippen LogP contribution in [-0.2, 0) is 0 Å². The summed E-state index contributed by atoms with van der Waals surface area (Å²) in [4.78, 5) is 0. The fourth-order valence-electron chi connectivity index (χ4n) is 1.76. The molecule has 0 aliphatic rings. The number of rotatable bonds is 9. The van der Waals surface area contributed by atoms with Gasteiger partial charge in [-0.05, 0) is 0 Å². The van der Waals surface area contributed by atoms with E-state index >= 15 is 0 Å². The Morgan fingerprint density at radius 3 is 1.77 bits per heavy atom. The van der Waals surface area contributed by atoms with E-state index in [2.05, 4.69) is 20.8 Å². The third kappa shape index (κ3) is 8.86. The first-order valence-corrected chi connectivity index (χ1v) is 10.6. The van der Waals surface area contributed by atoms with Crippen molar-refractivity contribution in [3.63, 3.8) is 0 Å². The summed E-state index contributed by atoms with van der Waals surface area (Å²) in [6, 6.07) is 0. The van der Waals surface area contributed by atoms with Crippen molar-refractivity contribution >= 4 is 14.3 Å². The standard InChI is InChI=1S/C12H27Ge/c1-4-7-8-9-10-11-12-13(5-2)6-3/h4-12H2,1-3H3. The summed E-state index contributed by atoms with van der Waals surface area (Å²) in [6.07, 6.45) is 8.85. The minimum absolute atomic E-state index is 0.502. The first-order chi connectivity index (χ1) is 6.35. The van der Waals surface area contributed by atoms with Crippen molar-refractivity contribution in [3.05, 3.63) is 0 Å². The van der Waals surface area contributed by atoms with Gasteiger partial charge in [0.2, 0.25) is 0 Å². The van der Waals surface area contributed by atoms with Crippen LogP contribution in [0.5, 0.6) is 0 Å². The molecule has 0 saturated carbocycles. The van der Waals surface area contributed by atoms with E-state index in [1.807, 2.05) is 0 Å². The van der Waals surface area contributed by atoms with Gasteiger partial charge in [0.15, 0.2) is 0 Å². The Balaban J connectivity index is 3.05. The maximum atomic E-state index is 2.40. The average molecular weight is 244 g/mol. The van der Waals surface area contributed by atoms with E-state index in [9.17, 15) is 0 Å². The molecule has 0 atom stereocenters. The van der Waals surface area contributed by atoms with E-state index in [4.69, 9.17) is 0 Å². The molecule has 0 aromatic carbocycles. The number of hydrogen-bond acceptors (Lipinski definition) is 0. The topological polar surface area (TPSA) is 0 Å². The second kappa shape index (κ2) is 10.6. The van der Waals surface area contributed by atoms with Crippen LogP contribution in [0.25, 0.3) is 0 Å². The van der Waals surface area contributed by atoms with Crippen molar-refractivity contribution in [2.24, 2.45) is 0 Å². The molecular weight excluding hydrogens is 217 g/mol. The van der Waals surface area contributed by atoms with Crippen LogP contribution in [0.4, 0.5) is 0 Å². The van der Waals surface area contributed by atoms with Crippen molar-refractivity contribution in [1.82, 2.24) is 0 Å². The summed E-state index contributed by atoms with van der Waals surface area (Å²) in [5.41, 5.74) is 0. The van der Waals surface area contributed by atoms with Crippen LogP contribution in [0, 0.1) is 0 Å². The molecule has 0 N–H and O–H groups in total. The van der Waals surface area contributed by atoms with Crippen molar-refractivity contribution in [3.8, 4) is 0 Å². The Hall–Kier alpha value is 0.543. The molecule has 0 aliphatic heterocycles. The first kappa shape index (κ1) is 13.5. The number of hydrogen-bond donors (Lipinski definition) is 0. The maximum absolute atomic E-state index is 2.40. The Bertz CT molecular complexity index is 87.1. The molecule has 0 heterocycles. The van der Waals surface area contributed by atoms with Crippen molar-refractivity contribution in [1.29, 1.82) is 0 Å². The summed E-state index contributed by atoms with van der Waals surface area (Å²) >= 11 is -0.502. The fourth-order valence-corrected chi connectivity index (χ4v) is 5.87. The number of unbranched alkanes of at least 4 members (excludes halogenated alkanes) is 5. The summed E-state index contributed by atoms with van der Waals surface area (Å²) in [5, 5.41) is 4.73. The van der Waals surface area contributed by atoms with Gasteiger partial charge >= 0.3 is 89.4 Å². The van der Waals surface area contributed by atoms with Crippen molar-refractivity contribution in [2.75, 3.05) is 0 Å². The van der Waals surface area contributed by atoms with Crippen LogP contribution in [0.3, 0.4) is 0 Å². The predicted molar refractivity (Wildman–Crippen MR) is 64.9 cm³/mol. The van der Waals surface area contributed by atoms with Crippen LogP contribution in [0.1, 0.15) is 59.3 Å². The molecule has 0 bridgehead atoms. The van der Waals surface area contributed by atoms with Crippen molar-refractivity contribution in [2.45, 2.75) is 75.1 Å². The predicted octanol–water partition coefficient (Wildman–Crippen LogP) is 4.88. The van der Waals surface area contributed by atoms with Crippen LogP contribution < -0.4 is 0 Å². The molecule has 0 unspecified atom stereocenters. The van der Waals surface area contributed by atoms with E-state index in [0.717, 1.165) is 0 Å². The van der Waals surface area contributed by atoms with Crippen LogP contribution in [-0.4, -0.2) is 14.3 Å². The van der Waals surface area contributed by atoms with Gasteiger partial charge in [-0.2, -0.15) is 0 Å². The fraction of sp³-hybridized carbons (Fsp3) is 1.00. The molecule has 1 radical (unpaired) electrons. The van der Waals surface area contributed by atoms with E-state index in [0.29, 0.717) is 0 Å². The second-order valence-electron chi connectivity index (χ2n) is 3.97. The summed E-state index contributed by atoms with van der Waals surface area (Å²) in [5.74, 6) is 0. The van der Waals surface area contributed by atoms with Crippen LogP contribution in [0.2, 0.25) is 15.8 Å². The van der Waals surface area contributed by atoms with E-state index < -0.39 is 14.3 Å². The zero-order valence-electron chi connectivity index (χ0n) is 9.86. The van der Waals surface area contributed by atoms with E-state index in [-0.39, 0.29) is 0 Å². The second-order valence-corrected chi connectivity index (χ2v) is 11.1. The molecule has 13 heavy (non-hydrogen) atoms. The zero-order valence-corrected chi connectivity index (χ0v) is 12.0. The van der Waals surface area contributed by atoms with E-state index in [1.54, 1.807) is 22.2 Å². The van der Waals surface area contributed by atoms with Crippen molar-refractivity contribution < 1.29 is 0 Å². The molecule has 0 aromatic rings. The molecule has 0 spiro atoms. The van der Waals surface area contributed by atoms with Crippen LogP contribution in [0.15, 0.2) is 0 Å². The first-order valence-electron chi connectivity index (χ1n) is 6.18. The van der Waals surface area contributed by atoms with Gasteiger partial charge in [0, 0.05) is 0 Å². The Morgan fingerprint density at radius 2 is 1.23 bits per heavy atom.